The zero-order valence-electron chi connectivity index (χ0n) is 19.5. The van der Waals surface area contributed by atoms with Crippen LogP contribution in [0.2, 0.25) is 0 Å². The number of unbranched alkanes of at least 4 members (excludes halogenated alkanes) is 2. The van der Waals surface area contributed by atoms with E-state index in [9.17, 15) is 29.4 Å². The molecular weight excluding hydrogens is 583 g/mol. The molecule has 0 spiro atoms. The predicted octanol–water partition coefficient (Wildman–Crippen LogP) is -6.38. The second-order valence-corrected chi connectivity index (χ2v) is 6.45. The van der Waals surface area contributed by atoms with Crippen molar-refractivity contribution in [3.8, 4) is 0 Å². The van der Waals surface area contributed by atoms with E-state index in [1.807, 2.05) is 0 Å². The summed E-state index contributed by atoms with van der Waals surface area (Å²) in [5.74, 6) is -4.02. The third kappa shape index (κ3) is 22.9. The number of carbonyl (C=O) groups excluding carboxylic acids is 4. The molecule has 204 valence electrons. The van der Waals surface area contributed by atoms with Gasteiger partial charge in [0, 0.05) is 0 Å². The smallest absolute Gasteiger partial charge is 0.547 e. The van der Waals surface area contributed by atoms with Crippen LogP contribution in [0.25, 0.3) is 0 Å². The Kier molecular flexibility index (Phi) is 34.2. The van der Waals surface area contributed by atoms with Gasteiger partial charge in [0.05, 0.1) is 11.9 Å². The van der Waals surface area contributed by atoms with Crippen LogP contribution in [0.3, 0.4) is 0 Å². The maximum absolute atomic E-state index is 9.95. The van der Waals surface area contributed by atoms with Crippen LogP contribution in [-0.4, -0.2) is 138 Å². The molecule has 8 atom stereocenters. The van der Waals surface area contributed by atoms with E-state index in [1.165, 1.54) is 12.8 Å². The van der Waals surface area contributed by atoms with Crippen molar-refractivity contribution < 1.29 is 70.2 Å². The molecule has 4 radical (unpaired) electrons. The SMILES string of the molecule is O=C[C@H](O)[C@@H](O)[C@@H](O)[C@H](O)C(=O)[O-].O=C[C@H](O)[C@@H](O)[C@@H](O)[C@H](O)C(=O)[O-].[CH2]CCC.[CH2]CCC.[Sn+2]. The molecule has 14 nitrogen and oxygen atoms in total. The number of aldehydes is 2. The molecule has 0 aromatic heterocycles. The third-order valence-electron chi connectivity index (χ3n) is 3.52. The number of hydrogen-bond donors (Lipinski definition) is 8. The van der Waals surface area contributed by atoms with Gasteiger partial charge in [0.2, 0.25) is 0 Å². The number of aliphatic hydroxyl groups excluding tert-OH is 8. The van der Waals surface area contributed by atoms with Crippen LogP contribution < -0.4 is 10.2 Å². The summed E-state index contributed by atoms with van der Waals surface area (Å²) >= 11 is 0. The van der Waals surface area contributed by atoms with Crippen LogP contribution in [0.4, 0.5) is 0 Å². The third-order valence-corrected chi connectivity index (χ3v) is 3.52. The van der Waals surface area contributed by atoms with E-state index in [2.05, 4.69) is 27.7 Å². The summed E-state index contributed by atoms with van der Waals surface area (Å²) in [6.45, 7) is 11.4. The first-order valence-corrected chi connectivity index (χ1v) is 10.0. The summed E-state index contributed by atoms with van der Waals surface area (Å²) in [6, 6.07) is 0. The Morgan fingerprint density at radius 3 is 0.971 bits per heavy atom. The molecule has 0 heterocycles. The standard InChI is InChI=1S/2C6H10O7.2C4H9.Sn/c2*7-1-2(8)3(9)4(10)5(11)6(12)13;2*1-3-4-2;/h2*1-5,8-11H,(H,12,13);2*1,3-4H2,2H3;/q;;;;+2/p-2/t2*2-,3+,4+,5-;;;/m00.../s1. The van der Waals surface area contributed by atoms with Crippen LogP contribution in [0, 0.1) is 13.8 Å². The number of carbonyl (C=O) groups is 4. The Morgan fingerprint density at radius 2 is 0.857 bits per heavy atom. The molecule has 15 heteroatoms. The monoisotopic (exact) mass is 620 g/mol. The number of carboxylic acid groups (broad SMARTS) is 2. The van der Waals surface area contributed by atoms with Crippen molar-refractivity contribution >= 4 is 48.4 Å². The average molecular weight is 619 g/mol. The Hall–Kier alpha value is -1.24. The van der Waals surface area contributed by atoms with Crippen molar-refractivity contribution in [2.24, 2.45) is 0 Å². The zero-order chi connectivity index (χ0) is 28.0. The summed E-state index contributed by atoms with van der Waals surface area (Å²) < 4.78 is 0. The first-order valence-electron chi connectivity index (χ1n) is 10.0. The fraction of sp³-hybridized carbons (Fsp3) is 0.700. The summed E-state index contributed by atoms with van der Waals surface area (Å²) in [6.07, 6.45) is -12.8. The van der Waals surface area contributed by atoms with Crippen LogP contribution in [0.15, 0.2) is 0 Å². The minimum absolute atomic E-state index is 0. The van der Waals surface area contributed by atoms with Gasteiger partial charge in [-0.2, -0.15) is 0 Å². The minimum Gasteiger partial charge on any atom is -0.547 e. The number of aliphatic hydroxyl groups is 8. The molecule has 0 aromatic carbocycles. The maximum Gasteiger partial charge on any atom is 2.00 e. The van der Waals surface area contributed by atoms with Crippen LogP contribution in [0.5, 0.6) is 0 Å². The van der Waals surface area contributed by atoms with Crippen LogP contribution >= 0.6 is 0 Å². The van der Waals surface area contributed by atoms with Gasteiger partial charge < -0.3 is 70.2 Å². The molecule has 8 N–H and O–H groups in total. The van der Waals surface area contributed by atoms with E-state index in [0.717, 1.165) is 12.8 Å². The van der Waals surface area contributed by atoms with E-state index in [4.69, 9.17) is 40.9 Å². The fourth-order valence-corrected chi connectivity index (χ4v) is 1.22. The largest absolute Gasteiger partial charge is 2.00 e. The molecule has 0 fully saturated rings. The second-order valence-electron chi connectivity index (χ2n) is 6.45. The van der Waals surface area contributed by atoms with E-state index in [-0.39, 0.29) is 36.5 Å². The van der Waals surface area contributed by atoms with Crippen molar-refractivity contribution in [2.45, 2.75) is 88.4 Å². The minimum atomic E-state index is -2.36. The zero-order valence-corrected chi connectivity index (χ0v) is 22.4. The van der Waals surface area contributed by atoms with Crippen molar-refractivity contribution in [1.82, 2.24) is 0 Å². The number of hydrogen-bond acceptors (Lipinski definition) is 14. The first-order chi connectivity index (χ1) is 15.7. The van der Waals surface area contributed by atoms with Gasteiger partial charge >= 0.3 is 23.9 Å². The molecule has 35 heavy (non-hydrogen) atoms. The van der Waals surface area contributed by atoms with Crippen molar-refractivity contribution in [3.63, 3.8) is 0 Å². The molecule has 0 aliphatic heterocycles. The van der Waals surface area contributed by atoms with Gasteiger partial charge in [-0.1, -0.05) is 53.4 Å². The summed E-state index contributed by atoms with van der Waals surface area (Å²) in [4.78, 5) is 39.7. The normalized spacial score (nSPS) is 16.6. The van der Waals surface area contributed by atoms with Gasteiger partial charge in [0.25, 0.3) is 0 Å². The molecule has 0 saturated heterocycles. The Balaban J connectivity index is -0.000000128. The predicted molar refractivity (Wildman–Crippen MR) is 116 cm³/mol. The van der Waals surface area contributed by atoms with Crippen molar-refractivity contribution in [2.75, 3.05) is 0 Å². The number of aliphatic carboxylic acids is 2. The van der Waals surface area contributed by atoms with Crippen LogP contribution in [-0.2, 0) is 19.2 Å². The fourth-order valence-electron chi connectivity index (χ4n) is 1.22. The van der Waals surface area contributed by atoms with Gasteiger partial charge in [-0.25, -0.2) is 0 Å². The van der Waals surface area contributed by atoms with E-state index >= 15 is 0 Å². The molecule has 0 aromatic rings. The molecule has 0 unspecified atom stereocenters. The summed E-state index contributed by atoms with van der Waals surface area (Å²) in [5.41, 5.74) is 0. The van der Waals surface area contributed by atoms with Gasteiger partial charge in [-0.15, -0.1) is 0 Å². The molecule has 0 amide bonds. The Bertz CT molecular complexity index is 486. The van der Waals surface area contributed by atoms with Crippen molar-refractivity contribution in [1.29, 1.82) is 0 Å². The van der Waals surface area contributed by atoms with E-state index in [1.54, 1.807) is 0 Å². The maximum atomic E-state index is 9.95. The molecule has 0 saturated carbocycles. The van der Waals surface area contributed by atoms with Gasteiger partial charge in [0.15, 0.2) is 12.6 Å². The Morgan fingerprint density at radius 1 is 0.657 bits per heavy atom. The van der Waals surface area contributed by atoms with Gasteiger partial charge in [0.1, 0.15) is 48.8 Å². The molecule has 0 aliphatic rings. The second kappa shape index (κ2) is 27.3. The number of rotatable bonds is 12. The Labute approximate surface area is 220 Å². The number of carboxylic acids is 2. The van der Waals surface area contributed by atoms with E-state index < -0.39 is 60.8 Å². The summed E-state index contributed by atoms with van der Waals surface area (Å²) in [7, 11) is 0. The molecule has 0 rings (SSSR count). The first kappa shape index (κ1) is 43.8. The topological polar surface area (TPSA) is 276 Å². The van der Waals surface area contributed by atoms with Crippen molar-refractivity contribution in [3.05, 3.63) is 13.8 Å². The summed E-state index contributed by atoms with van der Waals surface area (Å²) in [5, 5.41) is 89.7. The average Bonchev–Trinajstić information content (AvgIpc) is 2.85. The van der Waals surface area contributed by atoms with Gasteiger partial charge in [-0.05, 0) is 0 Å². The molecule has 0 aliphatic carbocycles. The molecular formula is C20H36O14Sn. The van der Waals surface area contributed by atoms with Gasteiger partial charge in [-0.3, -0.25) is 0 Å². The quantitative estimate of drug-likeness (QED) is 0.0746. The van der Waals surface area contributed by atoms with Crippen LogP contribution in [0.1, 0.15) is 39.5 Å². The molecule has 0 bridgehead atoms. The van der Waals surface area contributed by atoms with E-state index in [0.29, 0.717) is 0 Å².